The summed E-state index contributed by atoms with van der Waals surface area (Å²) in [5, 5.41) is 32.8. The summed E-state index contributed by atoms with van der Waals surface area (Å²) >= 11 is 0. The standard InChI is InChI=1S/C33H33N9O2.2C2HF3O2/c1-38-22-28(21-36-38)26-17-29(31-27(18-34)20-37-42(31)23-26)25-7-8-30(35-19-25)39-9-11-41(12-10-39)33(43)32(24-5-3-2-4-6-24)40-13-15-44-16-14-40;2*3-2(4,5)1(6)7/h2-8,17,19-23,32H,9-16H2,1H3;2*(H,6,7). The first-order valence-corrected chi connectivity index (χ1v) is 17.4. The molecular formula is C37H35F6N9O6. The summed E-state index contributed by atoms with van der Waals surface area (Å²) in [4.78, 5) is 43.0. The molecule has 1 unspecified atom stereocenters. The first-order chi connectivity index (χ1) is 27.5. The minimum absolute atomic E-state index is 0.146. The zero-order valence-corrected chi connectivity index (χ0v) is 30.6. The minimum Gasteiger partial charge on any atom is -0.475 e. The van der Waals surface area contributed by atoms with Crippen LogP contribution in [-0.4, -0.2) is 127 Å². The Balaban J connectivity index is 0.000000393. The maximum atomic E-state index is 13.9. The van der Waals surface area contributed by atoms with E-state index >= 15 is 0 Å². The van der Waals surface area contributed by atoms with Crippen molar-refractivity contribution >= 4 is 29.2 Å². The van der Waals surface area contributed by atoms with E-state index in [0.717, 1.165) is 52.2 Å². The van der Waals surface area contributed by atoms with Crippen LogP contribution in [0.1, 0.15) is 17.2 Å². The number of aromatic nitrogens is 5. The number of rotatable bonds is 6. The van der Waals surface area contributed by atoms with E-state index in [-0.39, 0.29) is 11.9 Å². The van der Waals surface area contributed by atoms with E-state index in [4.69, 9.17) is 29.5 Å². The topological polar surface area (TPSA) is 182 Å². The summed E-state index contributed by atoms with van der Waals surface area (Å²) in [6.07, 6.45) is -1.04. The van der Waals surface area contributed by atoms with Crippen molar-refractivity contribution in [1.82, 2.24) is 34.2 Å². The van der Waals surface area contributed by atoms with Crippen molar-refractivity contribution in [2.45, 2.75) is 18.4 Å². The lowest BCUT2D eigenvalue weighted by Crippen LogP contribution is -2.53. The van der Waals surface area contributed by atoms with Crippen molar-refractivity contribution in [3.63, 3.8) is 0 Å². The van der Waals surface area contributed by atoms with E-state index in [1.807, 2.05) is 79.2 Å². The van der Waals surface area contributed by atoms with Crippen LogP contribution in [0, 0.1) is 11.3 Å². The van der Waals surface area contributed by atoms with Gasteiger partial charge in [0.05, 0.1) is 36.7 Å². The van der Waals surface area contributed by atoms with Gasteiger partial charge in [0.1, 0.15) is 17.9 Å². The fourth-order valence-corrected chi connectivity index (χ4v) is 6.19. The summed E-state index contributed by atoms with van der Waals surface area (Å²) in [6.45, 7) is 5.43. The Morgan fingerprint density at radius 3 is 1.93 bits per heavy atom. The normalized spacial score (nSPS) is 15.3. The van der Waals surface area contributed by atoms with E-state index in [2.05, 4.69) is 32.1 Å². The van der Waals surface area contributed by atoms with Gasteiger partial charge in [-0.3, -0.25) is 14.4 Å². The number of pyridine rings is 2. The second-order valence-corrected chi connectivity index (χ2v) is 12.8. The second-order valence-electron chi connectivity index (χ2n) is 12.8. The fraction of sp³-hybridized carbons (Fsp3) is 0.324. The van der Waals surface area contributed by atoms with Crippen LogP contribution in [0.5, 0.6) is 0 Å². The highest BCUT2D eigenvalue weighted by atomic mass is 19.4. The minimum atomic E-state index is -5.08. The maximum Gasteiger partial charge on any atom is 0.490 e. The van der Waals surface area contributed by atoms with Crippen LogP contribution in [0.3, 0.4) is 0 Å². The van der Waals surface area contributed by atoms with Gasteiger partial charge in [0.25, 0.3) is 0 Å². The zero-order valence-electron chi connectivity index (χ0n) is 30.6. The molecule has 0 spiro atoms. The lowest BCUT2D eigenvalue weighted by Gasteiger charge is -2.40. The average Bonchev–Trinajstić information content (AvgIpc) is 3.84. The Kier molecular flexibility index (Phi) is 13.3. The molecule has 2 aliphatic rings. The molecule has 2 fully saturated rings. The first-order valence-electron chi connectivity index (χ1n) is 17.4. The van der Waals surface area contributed by atoms with Crippen LogP contribution in [0.15, 0.2) is 79.5 Å². The molecule has 2 saturated heterocycles. The molecule has 306 valence electrons. The Morgan fingerprint density at radius 1 is 0.793 bits per heavy atom. The number of aryl methyl sites for hydroxylation is 1. The number of benzene rings is 1. The number of anilines is 1. The highest BCUT2D eigenvalue weighted by Crippen LogP contribution is 2.33. The summed E-state index contributed by atoms with van der Waals surface area (Å²) in [6, 6.07) is 18.2. The highest BCUT2D eigenvalue weighted by Gasteiger charge is 2.39. The molecular weight excluding hydrogens is 780 g/mol. The van der Waals surface area contributed by atoms with Crippen LogP contribution in [0.4, 0.5) is 32.2 Å². The van der Waals surface area contributed by atoms with Crippen molar-refractivity contribution in [2.75, 3.05) is 57.4 Å². The van der Waals surface area contributed by atoms with Gasteiger partial charge in [0.15, 0.2) is 0 Å². The van der Waals surface area contributed by atoms with Crippen molar-refractivity contribution in [2.24, 2.45) is 7.05 Å². The van der Waals surface area contributed by atoms with E-state index in [9.17, 15) is 36.4 Å². The molecule has 2 aliphatic heterocycles. The number of carboxylic acid groups (broad SMARTS) is 2. The van der Waals surface area contributed by atoms with Gasteiger partial charge in [-0.2, -0.15) is 41.8 Å². The second kappa shape index (κ2) is 18.2. The number of hydrogen-bond acceptors (Lipinski definition) is 10. The molecule has 1 amide bonds. The molecule has 58 heavy (non-hydrogen) atoms. The molecule has 2 N–H and O–H groups in total. The SMILES string of the molecule is Cn1cc(-c2cc(-c3ccc(N4CCN(C(=O)C(c5ccccc5)N5CCOCC5)CC4)nc3)c3c(C#N)cnn3c2)cn1.O=C(O)C(F)(F)F.O=C(O)C(F)(F)F. The Labute approximate surface area is 325 Å². The van der Waals surface area contributed by atoms with Gasteiger partial charge in [-0.05, 0) is 23.8 Å². The van der Waals surface area contributed by atoms with E-state index in [0.29, 0.717) is 45.0 Å². The largest absolute Gasteiger partial charge is 0.490 e. The predicted molar refractivity (Wildman–Crippen MR) is 193 cm³/mol. The molecule has 1 aromatic carbocycles. The number of morpholine rings is 1. The number of alkyl halides is 6. The number of nitriles is 1. The van der Waals surface area contributed by atoms with Crippen LogP contribution in [0.2, 0.25) is 0 Å². The van der Waals surface area contributed by atoms with Crippen LogP contribution in [-0.2, 0) is 26.2 Å². The van der Waals surface area contributed by atoms with Crippen LogP contribution in [0.25, 0.3) is 27.8 Å². The fourth-order valence-electron chi connectivity index (χ4n) is 6.19. The summed E-state index contributed by atoms with van der Waals surface area (Å²) in [7, 11) is 1.88. The van der Waals surface area contributed by atoms with Crippen molar-refractivity contribution < 1.29 is 55.7 Å². The van der Waals surface area contributed by atoms with Gasteiger partial charge >= 0.3 is 24.3 Å². The number of amides is 1. The molecule has 5 aromatic rings. The number of carbonyl (C=O) groups is 3. The third-order valence-electron chi connectivity index (χ3n) is 8.99. The molecule has 4 aromatic heterocycles. The number of aliphatic carboxylic acids is 2. The lowest BCUT2D eigenvalue weighted by atomic mass is 10.0. The molecule has 1 atom stereocenters. The third-order valence-corrected chi connectivity index (χ3v) is 8.99. The molecule has 21 heteroatoms. The molecule has 0 aliphatic carbocycles. The molecule has 0 saturated carbocycles. The number of carboxylic acids is 2. The van der Waals surface area contributed by atoms with Crippen molar-refractivity contribution in [1.29, 1.82) is 5.26 Å². The summed E-state index contributed by atoms with van der Waals surface area (Å²) < 4.78 is 72.5. The summed E-state index contributed by atoms with van der Waals surface area (Å²) in [5.41, 5.74) is 5.97. The summed E-state index contributed by atoms with van der Waals surface area (Å²) in [5.74, 6) is -4.50. The highest BCUT2D eigenvalue weighted by molar-refractivity contribution is 5.87. The number of fused-ring (bicyclic) bond motifs is 1. The Hall–Kier alpha value is -6.53. The third kappa shape index (κ3) is 10.4. The van der Waals surface area contributed by atoms with Crippen molar-refractivity contribution in [3.8, 4) is 28.3 Å². The molecule has 0 bridgehead atoms. The number of halogens is 6. The van der Waals surface area contributed by atoms with E-state index in [1.165, 1.54) is 0 Å². The molecule has 6 heterocycles. The van der Waals surface area contributed by atoms with Crippen LogP contribution < -0.4 is 4.90 Å². The van der Waals surface area contributed by atoms with Gasteiger partial charge in [0, 0.05) is 87.2 Å². The van der Waals surface area contributed by atoms with Gasteiger partial charge in [-0.25, -0.2) is 19.1 Å². The lowest BCUT2D eigenvalue weighted by molar-refractivity contribution is -0.193. The number of piperazine rings is 1. The molecule has 0 radical (unpaired) electrons. The van der Waals surface area contributed by atoms with Gasteiger partial charge in [-0.1, -0.05) is 30.3 Å². The van der Waals surface area contributed by atoms with Gasteiger partial charge < -0.3 is 24.7 Å². The molecule has 7 rings (SSSR count). The first kappa shape index (κ1) is 42.6. The number of hydrogen-bond donors (Lipinski definition) is 2. The van der Waals surface area contributed by atoms with Gasteiger partial charge in [0.2, 0.25) is 5.91 Å². The average molecular weight is 816 g/mol. The number of ether oxygens (including phenoxy) is 1. The monoisotopic (exact) mass is 815 g/mol. The Bertz CT molecular complexity index is 2220. The number of carbonyl (C=O) groups excluding carboxylic acids is 1. The Morgan fingerprint density at radius 2 is 1.41 bits per heavy atom. The van der Waals surface area contributed by atoms with Crippen molar-refractivity contribution in [3.05, 3.63) is 90.6 Å². The van der Waals surface area contributed by atoms with E-state index in [1.54, 1.807) is 15.4 Å². The molecule has 15 nitrogen and oxygen atoms in total. The van der Waals surface area contributed by atoms with Crippen LogP contribution >= 0.6 is 0 Å². The quantitative estimate of drug-likeness (QED) is 0.227. The predicted octanol–water partition coefficient (Wildman–Crippen LogP) is 4.66. The smallest absolute Gasteiger partial charge is 0.475 e. The zero-order chi connectivity index (χ0) is 42.2. The maximum absolute atomic E-state index is 13.9. The van der Waals surface area contributed by atoms with E-state index < -0.39 is 24.3 Å². The van der Waals surface area contributed by atoms with Gasteiger partial charge in [-0.15, -0.1) is 0 Å². The number of nitrogens with zero attached hydrogens (tertiary/aromatic N) is 9.